The number of pyridine rings is 2. The van der Waals surface area contributed by atoms with Gasteiger partial charge in [-0.05, 0) is 43.0 Å². The van der Waals surface area contributed by atoms with Crippen LogP contribution in [0.2, 0.25) is 0 Å². The summed E-state index contributed by atoms with van der Waals surface area (Å²) < 4.78 is 28.5. The van der Waals surface area contributed by atoms with Gasteiger partial charge in [-0.2, -0.15) is 0 Å². The van der Waals surface area contributed by atoms with Gasteiger partial charge in [0.2, 0.25) is 5.43 Å². The molecule has 2 aliphatic rings. The lowest BCUT2D eigenvalue weighted by Gasteiger charge is -2.39. The summed E-state index contributed by atoms with van der Waals surface area (Å²) in [5, 5.41) is 12.5. The zero-order valence-electron chi connectivity index (χ0n) is 18.7. The summed E-state index contributed by atoms with van der Waals surface area (Å²) in [6.45, 7) is 0.463. The van der Waals surface area contributed by atoms with Crippen LogP contribution < -0.4 is 10.4 Å². The minimum atomic E-state index is -0.954. The Kier molecular flexibility index (Phi) is 5.80. The summed E-state index contributed by atoms with van der Waals surface area (Å²) in [5.41, 5.74) is -0.641. The molecule has 0 bridgehead atoms. The van der Waals surface area contributed by atoms with Crippen molar-refractivity contribution in [1.82, 2.24) is 14.6 Å². The van der Waals surface area contributed by atoms with E-state index in [-0.39, 0.29) is 48.9 Å². The first-order valence-corrected chi connectivity index (χ1v) is 11.3. The predicted octanol–water partition coefficient (Wildman–Crippen LogP) is 2.76. The van der Waals surface area contributed by atoms with E-state index in [1.54, 1.807) is 22.2 Å². The molecule has 0 spiro atoms. The van der Waals surface area contributed by atoms with Crippen LogP contribution >= 0.6 is 0 Å². The van der Waals surface area contributed by atoms with Crippen molar-refractivity contribution in [2.24, 2.45) is 0 Å². The number of aromatic nitrogens is 2. The lowest BCUT2D eigenvalue weighted by atomic mass is 10.0. The molecule has 3 aromatic rings. The Bertz CT molecular complexity index is 1370. The van der Waals surface area contributed by atoms with Crippen LogP contribution in [0.4, 0.5) is 8.78 Å². The van der Waals surface area contributed by atoms with Crippen molar-refractivity contribution < 1.29 is 23.5 Å². The molecule has 180 valence electrons. The zero-order chi connectivity index (χ0) is 24.7. The Hall–Kier alpha value is -4.08. The van der Waals surface area contributed by atoms with Crippen LogP contribution in [0, 0.1) is 11.6 Å². The number of aryl methyl sites for hydroxylation is 1. The number of amides is 1. The van der Waals surface area contributed by atoms with E-state index < -0.39 is 34.5 Å². The highest BCUT2D eigenvalue weighted by atomic mass is 19.1. The number of aromatic hydroxyl groups is 1. The molecule has 1 fully saturated rings. The molecule has 0 atom stereocenters. The molecule has 5 rings (SSSR count). The Morgan fingerprint density at radius 3 is 2.63 bits per heavy atom. The molecule has 3 heterocycles. The Labute approximate surface area is 199 Å². The molecule has 1 aromatic carbocycles. The van der Waals surface area contributed by atoms with Crippen LogP contribution in [0.5, 0.6) is 5.75 Å². The van der Waals surface area contributed by atoms with Crippen LogP contribution in [0.1, 0.15) is 51.4 Å². The Balaban J connectivity index is 1.49. The van der Waals surface area contributed by atoms with E-state index in [1.165, 1.54) is 16.9 Å². The highest BCUT2D eigenvalue weighted by Gasteiger charge is 2.41. The number of rotatable bonds is 7. The summed E-state index contributed by atoms with van der Waals surface area (Å²) in [6, 6.07) is 8.50. The number of hydrogen-bond donors (Lipinski definition) is 1. The van der Waals surface area contributed by atoms with Crippen LogP contribution in [-0.2, 0) is 13.0 Å². The number of halogens is 2. The van der Waals surface area contributed by atoms with Crippen LogP contribution in [0.15, 0.2) is 53.6 Å². The molecular formula is C25H22F2N4O4. The molecule has 0 saturated heterocycles. The summed E-state index contributed by atoms with van der Waals surface area (Å²) in [7, 11) is 0. The number of Topliss-reactive ketones (excluding diaryl/α,β-unsaturated/α-hetero) is 1. The number of ketones is 1. The average Bonchev–Trinajstić information content (AvgIpc) is 3.68. The number of carbonyl (C=O) groups is 2. The molecule has 0 radical (unpaired) electrons. The van der Waals surface area contributed by atoms with Gasteiger partial charge in [0, 0.05) is 30.9 Å². The van der Waals surface area contributed by atoms with Crippen molar-refractivity contribution >= 4 is 11.7 Å². The molecule has 10 heteroatoms. The standard InChI is InChI=1S/C25H22F2N4O4/c26-16-6-4-15(20(27)11-16)5-9-21(32)19-13-31-22(24(34)23(19)33)25(35)30(18-7-8-18)14-29(31)12-17-3-1-2-10-28-17/h1-4,6,10-11,13,18,34H,5,7-9,12,14H2. The van der Waals surface area contributed by atoms with Crippen LogP contribution in [0.3, 0.4) is 0 Å². The molecule has 35 heavy (non-hydrogen) atoms. The third-order valence-electron chi connectivity index (χ3n) is 6.24. The second kappa shape index (κ2) is 8.94. The quantitative estimate of drug-likeness (QED) is 0.523. The number of benzene rings is 1. The van der Waals surface area contributed by atoms with Gasteiger partial charge in [0.25, 0.3) is 5.91 Å². The van der Waals surface area contributed by atoms with Crippen molar-refractivity contribution in [3.8, 4) is 5.75 Å². The smallest absolute Gasteiger partial charge is 0.278 e. The first-order valence-electron chi connectivity index (χ1n) is 11.3. The topological polar surface area (TPSA) is 95.7 Å². The summed E-state index contributed by atoms with van der Waals surface area (Å²) >= 11 is 0. The summed E-state index contributed by atoms with van der Waals surface area (Å²) in [6.07, 6.45) is 4.27. The van der Waals surface area contributed by atoms with Crippen LogP contribution in [0.25, 0.3) is 0 Å². The van der Waals surface area contributed by atoms with Gasteiger partial charge in [0.05, 0.1) is 17.8 Å². The third kappa shape index (κ3) is 4.39. The number of carbonyl (C=O) groups excluding carboxylic acids is 2. The van der Waals surface area contributed by atoms with Gasteiger partial charge in [0.1, 0.15) is 18.3 Å². The lowest BCUT2D eigenvalue weighted by molar-refractivity contribution is 0.0669. The van der Waals surface area contributed by atoms with E-state index in [4.69, 9.17) is 0 Å². The highest BCUT2D eigenvalue weighted by Crippen LogP contribution is 2.32. The number of fused-ring (bicyclic) bond motifs is 1. The average molecular weight is 480 g/mol. The van der Waals surface area contributed by atoms with E-state index in [0.29, 0.717) is 5.69 Å². The van der Waals surface area contributed by atoms with Gasteiger partial charge in [-0.15, -0.1) is 0 Å². The maximum Gasteiger partial charge on any atom is 0.278 e. The fraction of sp³-hybridized carbons (Fsp3) is 0.280. The van der Waals surface area contributed by atoms with Gasteiger partial charge in [-0.3, -0.25) is 29.1 Å². The van der Waals surface area contributed by atoms with E-state index in [0.717, 1.165) is 25.0 Å². The fourth-order valence-electron chi connectivity index (χ4n) is 4.23. The minimum Gasteiger partial charge on any atom is -0.502 e. The van der Waals surface area contributed by atoms with E-state index >= 15 is 0 Å². The Morgan fingerprint density at radius 1 is 1.14 bits per heavy atom. The zero-order valence-corrected chi connectivity index (χ0v) is 18.7. The molecule has 8 nitrogen and oxygen atoms in total. The minimum absolute atomic E-state index is 0.0314. The van der Waals surface area contributed by atoms with Gasteiger partial charge >= 0.3 is 0 Å². The van der Waals surface area contributed by atoms with Crippen molar-refractivity contribution in [3.63, 3.8) is 0 Å². The van der Waals surface area contributed by atoms with Crippen molar-refractivity contribution in [3.05, 3.63) is 93.2 Å². The lowest BCUT2D eigenvalue weighted by Crippen LogP contribution is -2.54. The molecule has 1 saturated carbocycles. The van der Waals surface area contributed by atoms with E-state index in [9.17, 15) is 28.3 Å². The summed E-state index contributed by atoms with van der Waals surface area (Å²) in [4.78, 5) is 44.9. The maximum absolute atomic E-state index is 14.0. The SMILES string of the molecule is O=C(CCc1ccc(F)cc1F)c1cn2c(c(O)c1=O)C(=O)N(C1CC1)CN2Cc1ccccn1. The number of nitrogens with zero attached hydrogens (tertiary/aromatic N) is 4. The third-order valence-corrected chi connectivity index (χ3v) is 6.24. The summed E-state index contributed by atoms with van der Waals surface area (Å²) in [5.74, 6) is -3.42. The monoisotopic (exact) mass is 480 g/mol. The molecule has 1 N–H and O–H groups in total. The molecule has 1 aliphatic heterocycles. The first kappa shape index (κ1) is 22.7. The van der Waals surface area contributed by atoms with Crippen molar-refractivity contribution in [2.45, 2.75) is 38.3 Å². The van der Waals surface area contributed by atoms with E-state index in [1.807, 2.05) is 12.1 Å². The van der Waals surface area contributed by atoms with Gasteiger partial charge in [-0.1, -0.05) is 12.1 Å². The molecule has 0 unspecified atom stereocenters. The van der Waals surface area contributed by atoms with Gasteiger partial charge < -0.3 is 10.0 Å². The van der Waals surface area contributed by atoms with Crippen molar-refractivity contribution in [2.75, 3.05) is 11.7 Å². The number of hydrogen-bond acceptors (Lipinski definition) is 6. The maximum atomic E-state index is 14.0. The largest absolute Gasteiger partial charge is 0.502 e. The highest BCUT2D eigenvalue weighted by molar-refractivity contribution is 6.00. The van der Waals surface area contributed by atoms with Crippen LogP contribution in [-0.4, -0.2) is 44.1 Å². The second-order valence-electron chi connectivity index (χ2n) is 8.71. The normalized spacial score (nSPS) is 15.3. The molecular weight excluding hydrogens is 458 g/mol. The van der Waals surface area contributed by atoms with E-state index in [2.05, 4.69) is 4.98 Å². The first-order chi connectivity index (χ1) is 16.8. The second-order valence-corrected chi connectivity index (χ2v) is 8.71. The van der Waals surface area contributed by atoms with Gasteiger partial charge in [0.15, 0.2) is 17.2 Å². The molecule has 1 aliphatic carbocycles. The van der Waals surface area contributed by atoms with Crippen molar-refractivity contribution in [1.29, 1.82) is 0 Å². The Morgan fingerprint density at radius 2 is 1.94 bits per heavy atom. The fourth-order valence-corrected chi connectivity index (χ4v) is 4.23. The molecule has 2 aromatic heterocycles. The van der Waals surface area contributed by atoms with Gasteiger partial charge in [-0.25, -0.2) is 8.78 Å². The molecule has 1 amide bonds. The predicted molar refractivity (Wildman–Crippen MR) is 122 cm³/mol.